The summed E-state index contributed by atoms with van der Waals surface area (Å²) in [6.07, 6.45) is -2.67. The maximum atomic E-state index is 13.6. The van der Waals surface area contributed by atoms with E-state index in [1.165, 1.54) is 29.8 Å². The highest BCUT2D eigenvalue weighted by molar-refractivity contribution is 6.42. The third kappa shape index (κ3) is 5.27. The molecule has 1 saturated heterocycles. The van der Waals surface area contributed by atoms with E-state index in [1.54, 1.807) is 18.7 Å². The maximum Gasteiger partial charge on any atom is 0.416 e. The van der Waals surface area contributed by atoms with Gasteiger partial charge in [-0.2, -0.15) is 13.2 Å². The number of fused-ring (bicyclic) bond motifs is 1. The van der Waals surface area contributed by atoms with E-state index in [0.29, 0.717) is 43.3 Å². The molecule has 1 fully saturated rings. The van der Waals surface area contributed by atoms with Crippen LogP contribution in [-0.2, 0) is 18.0 Å². The highest BCUT2D eigenvalue weighted by atomic mass is 35.5. The van der Waals surface area contributed by atoms with Gasteiger partial charge in [-0.15, -0.1) is 0 Å². The van der Waals surface area contributed by atoms with Crippen molar-refractivity contribution in [1.29, 1.82) is 0 Å². The summed E-state index contributed by atoms with van der Waals surface area (Å²) < 4.78 is 41.4. The van der Waals surface area contributed by atoms with Crippen molar-refractivity contribution >= 4 is 51.6 Å². The van der Waals surface area contributed by atoms with E-state index in [0.717, 1.165) is 12.1 Å². The largest absolute Gasteiger partial charge is 0.416 e. The maximum absolute atomic E-state index is 13.6. The summed E-state index contributed by atoms with van der Waals surface area (Å²) in [7, 11) is 1.50. The minimum Gasteiger partial charge on any atom is -0.341 e. The Balaban J connectivity index is 1.68. The van der Waals surface area contributed by atoms with Crippen LogP contribution in [0.4, 0.5) is 13.2 Å². The van der Waals surface area contributed by atoms with Gasteiger partial charge in [-0.05, 0) is 68.5 Å². The first kappa shape index (κ1) is 27.2. The van der Waals surface area contributed by atoms with Crippen molar-refractivity contribution in [3.63, 3.8) is 0 Å². The molecule has 0 spiro atoms. The summed E-state index contributed by atoms with van der Waals surface area (Å²) in [4.78, 5) is 39.9. The summed E-state index contributed by atoms with van der Waals surface area (Å²) in [6, 6.07) is 6.43. The zero-order chi connectivity index (χ0) is 27.2. The van der Waals surface area contributed by atoms with Gasteiger partial charge in [0.15, 0.2) is 0 Å². The van der Waals surface area contributed by atoms with Crippen molar-refractivity contribution in [3.05, 3.63) is 68.3 Å². The van der Waals surface area contributed by atoms with Gasteiger partial charge in [0.25, 0.3) is 5.91 Å². The Kier molecular flexibility index (Phi) is 7.45. The van der Waals surface area contributed by atoms with Gasteiger partial charge in [-0.1, -0.05) is 23.2 Å². The van der Waals surface area contributed by atoms with Crippen LogP contribution in [-0.4, -0.2) is 40.0 Å². The van der Waals surface area contributed by atoms with Gasteiger partial charge in [0.05, 0.1) is 32.4 Å². The van der Waals surface area contributed by atoms with Crippen molar-refractivity contribution < 1.29 is 27.6 Å². The molecule has 0 bridgehead atoms. The lowest BCUT2D eigenvalue weighted by Crippen LogP contribution is -2.39. The second kappa shape index (κ2) is 10.1. The summed E-state index contributed by atoms with van der Waals surface area (Å²) in [6.45, 7) is 4.02. The van der Waals surface area contributed by atoms with Crippen LogP contribution in [0.1, 0.15) is 63.7 Å². The van der Waals surface area contributed by atoms with E-state index >= 15 is 0 Å². The van der Waals surface area contributed by atoms with Crippen molar-refractivity contribution in [2.45, 2.75) is 39.3 Å². The Morgan fingerprint density at radius 1 is 1.05 bits per heavy atom. The number of alkyl halides is 3. The number of rotatable bonds is 5. The number of hydrogen-bond acceptors (Lipinski definition) is 3. The Morgan fingerprint density at radius 2 is 1.70 bits per heavy atom. The van der Waals surface area contributed by atoms with Gasteiger partial charge < -0.3 is 14.3 Å². The number of halogens is 5. The fourth-order valence-electron chi connectivity index (χ4n) is 4.96. The number of aryl methyl sites for hydroxylation is 2. The van der Waals surface area contributed by atoms with E-state index in [1.807, 2.05) is 0 Å². The molecule has 1 amide bonds. The minimum absolute atomic E-state index is 0.0321. The van der Waals surface area contributed by atoms with Gasteiger partial charge in [0.1, 0.15) is 5.78 Å². The van der Waals surface area contributed by atoms with Crippen molar-refractivity contribution in [1.82, 2.24) is 9.47 Å². The zero-order valence-electron chi connectivity index (χ0n) is 20.5. The average molecular weight is 553 g/mol. The van der Waals surface area contributed by atoms with Crippen molar-refractivity contribution in [2.24, 2.45) is 13.0 Å². The number of ketones is 2. The minimum atomic E-state index is -4.53. The van der Waals surface area contributed by atoms with E-state index in [-0.39, 0.29) is 50.0 Å². The summed E-state index contributed by atoms with van der Waals surface area (Å²) >= 11 is 12.9. The van der Waals surface area contributed by atoms with Crippen LogP contribution < -0.4 is 0 Å². The Morgan fingerprint density at radius 3 is 2.30 bits per heavy atom. The summed E-state index contributed by atoms with van der Waals surface area (Å²) in [5, 5.41) is 0.419. The van der Waals surface area contributed by atoms with Crippen LogP contribution in [0.25, 0.3) is 10.9 Å². The molecule has 10 heteroatoms. The molecule has 4 rings (SSSR count). The molecule has 0 saturated carbocycles. The number of nitrogens with zero attached hydrogens (tertiary/aromatic N) is 2. The van der Waals surface area contributed by atoms with Crippen LogP contribution in [0.15, 0.2) is 30.3 Å². The highest BCUT2D eigenvalue weighted by Crippen LogP contribution is 2.36. The third-order valence-corrected chi connectivity index (χ3v) is 7.66. The Bertz CT molecular complexity index is 1420. The van der Waals surface area contributed by atoms with Gasteiger partial charge in [-0.25, -0.2) is 0 Å². The molecule has 37 heavy (non-hydrogen) atoms. The normalized spacial score (nSPS) is 14.9. The fourth-order valence-corrected chi connectivity index (χ4v) is 5.58. The second-order valence-corrected chi connectivity index (χ2v) is 10.4. The molecule has 0 aliphatic carbocycles. The number of carbonyl (C=O) groups is 3. The molecule has 0 unspecified atom stereocenters. The highest BCUT2D eigenvalue weighted by Gasteiger charge is 2.33. The number of carbonyl (C=O) groups excluding carboxylic acids is 3. The van der Waals surface area contributed by atoms with Crippen LogP contribution in [0, 0.1) is 12.8 Å². The molecule has 5 nitrogen and oxygen atoms in total. The fraction of sp³-hybridized carbons (Fsp3) is 0.370. The first-order chi connectivity index (χ1) is 17.3. The molecule has 2 heterocycles. The van der Waals surface area contributed by atoms with E-state index in [9.17, 15) is 27.6 Å². The molecule has 1 aliphatic rings. The number of likely N-dealkylation sites (tertiary alicyclic amines) is 1. The van der Waals surface area contributed by atoms with E-state index < -0.39 is 17.5 Å². The number of hydrogen-bond donors (Lipinski definition) is 0. The SMILES string of the molecule is CC(=O)CC1CCN(C(=O)c2ccc(Cl)c(C(=O)c3cc4c(C)cc(C(F)(F)F)cc4n3C)c2Cl)CC1. The average Bonchev–Trinajstić information content (AvgIpc) is 3.15. The monoisotopic (exact) mass is 552 g/mol. The first-order valence-corrected chi connectivity index (χ1v) is 12.5. The molecule has 0 atom stereocenters. The van der Waals surface area contributed by atoms with Crippen molar-refractivity contribution in [2.75, 3.05) is 13.1 Å². The first-order valence-electron chi connectivity index (χ1n) is 11.8. The molecule has 2 aromatic carbocycles. The Hall–Kier alpha value is -2.84. The number of benzene rings is 2. The number of Topliss-reactive ketones (excluding diaryl/α,β-unsaturated/α-hetero) is 1. The van der Waals surface area contributed by atoms with Crippen LogP contribution in [0.3, 0.4) is 0 Å². The van der Waals surface area contributed by atoms with Crippen LogP contribution >= 0.6 is 23.2 Å². The predicted octanol–water partition coefficient (Wildman–Crippen LogP) is 6.87. The predicted molar refractivity (Wildman–Crippen MR) is 136 cm³/mol. The number of piperidine rings is 1. The molecule has 0 N–H and O–H groups in total. The third-order valence-electron chi connectivity index (χ3n) is 6.96. The van der Waals surface area contributed by atoms with Gasteiger partial charge in [0, 0.05) is 37.5 Å². The quantitative estimate of drug-likeness (QED) is 0.324. The lowest BCUT2D eigenvalue weighted by Gasteiger charge is -2.32. The standard InChI is InChI=1S/C27H25Cl2F3N2O3/c1-14-10-17(27(30,31)32)12-21-19(14)13-22(33(21)3)25(36)23-20(28)5-4-18(24(23)29)26(37)34-8-6-16(7-9-34)11-15(2)35/h4-5,10,12-13,16H,6-9,11H2,1-3H3. The second-order valence-electron chi connectivity index (χ2n) is 9.57. The summed E-state index contributed by atoms with van der Waals surface area (Å²) in [5.41, 5.74) is -0.0735. The topological polar surface area (TPSA) is 59.4 Å². The van der Waals surface area contributed by atoms with E-state index in [2.05, 4.69) is 0 Å². The molecule has 1 aromatic heterocycles. The van der Waals surface area contributed by atoms with Gasteiger partial charge >= 0.3 is 6.18 Å². The number of amides is 1. The lowest BCUT2D eigenvalue weighted by atomic mass is 9.91. The van der Waals surface area contributed by atoms with Gasteiger partial charge in [-0.3, -0.25) is 9.59 Å². The Labute approximate surface area is 222 Å². The molecule has 3 aromatic rings. The zero-order valence-corrected chi connectivity index (χ0v) is 22.0. The molecule has 0 radical (unpaired) electrons. The molecule has 196 valence electrons. The number of aromatic nitrogens is 1. The smallest absolute Gasteiger partial charge is 0.341 e. The lowest BCUT2D eigenvalue weighted by molar-refractivity contribution is -0.137. The van der Waals surface area contributed by atoms with Gasteiger partial charge in [0.2, 0.25) is 5.78 Å². The molecular formula is C27H25Cl2F3N2O3. The molecule has 1 aliphatic heterocycles. The molecular weight excluding hydrogens is 528 g/mol. The van der Waals surface area contributed by atoms with Crippen molar-refractivity contribution in [3.8, 4) is 0 Å². The van der Waals surface area contributed by atoms with Crippen LogP contribution in [0.5, 0.6) is 0 Å². The van der Waals surface area contributed by atoms with E-state index in [4.69, 9.17) is 23.2 Å². The van der Waals surface area contributed by atoms with Crippen LogP contribution in [0.2, 0.25) is 10.0 Å². The summed E-state index contributed by atoms with van der Waals surface area (Å²) in [5.74, 6) is -0.602.